The molecule has 0 amide bonds. The maximum absolute atomic E-state index is 13.5. The SMILES string of the molecule is Cc1c(CBr)ccc(C(F)(F)F)c1C(=O)c1c(C(F)(F)F)ccc(CBr)c1C. The summed E-state index contributed by atoms with van der Waals surface area (Å²) in [5.74, 6) is -1.29. The van der Waals surface area contributed by atoms with E-state index in [1.807, 2.05) is 0 Å². The molecule has 0 saturated heterocycles. The van der Waals surface area contributed by atoms with Gasteiger partial charge in [0.15, 0.2) is 5.78 Å². The van der Waals surface area contributed by atoms with E-state index in [0.717, 1.165) is 12.1 Å². The van der Waals surface area contributed by atoms with Crippen molar-refractivity contribution in [3.63, 3.8) is 0 Å². The average molecular weight is 532 g/mol. The minimum Gasteiger partial charge on any atom is -0.289 e. The number of hydrogen-bond donors (Lipinski definition) is 0. The number of halogens is 8. The fraction of sp³-hybridized carbons (Fsp3) is 0.316. The van der Waals surface area contributed by atoms with Gasteiger partial charge < -0.3 is 0 Å². The van der Waals surface area contributed by atoms with E-state index in [9.17, 15) is 31.1 Å². The molecular weight excluding hydrogens is 518 g/mol. The Kier molecular flexibility index (Phi) is 6.70. The van der Waals surface area contributed by atoms with Crippen LogP contribution in [-0.2, 0) is 23.0 Å². The largest absolute Gasteiger partial charge is 0.417 e. The molecule has 0 aliphatic carbocycles. The topological polar surface area (TPSA) is 17.1 Å². The Hall–Kier alpha value is -1.35. The standard InChI is InChI=1S/C19H14Br2F6O/c1-9-11(7-20)3-5-13(18(22,23)24)15(9)17(28)16-10(2)12(8-21)4-6-14(16)19(25,26)27/h3-6H,7-8H2,1-2H3. The van der Waals surface area contributed by atoms with Crippen LogP contribution in [-0.4, -0.2) is 5.78 Å². The fourth-order valence-electron chi connectivity index (χ4n) is 2.98. The summed E-state index contributed by atoms with van der Waals surface area (Å²) in [4.78, 5) is 13.1. The highest BCUT2D eigenvalue weighted by atomic mass is 79.9. The number of ketones is 1. The van der Waals surface area contributed by atoms with Crippen molar-refractivity contribution in [1.29, 1.82) is 0 Å². The number of benzene rings is 2. The lowest BCUT2D eigenvalue weighted by Crippen LogP contribution is -2.21. The lowest BCUT2D eigenvalue weighted by atomic mass is 9.86. The second kappa shape index (κ2) is 8.18. The molecule has 0 N–H and O–H groups in total. The van der Waals surface area contributed by atoms with Gasteiger partial charge in [0.2, 0.25) is 0 Å². The van der Waals surface area contributed by atoms with Crippen molar-refractivity contribution in [1.82, 2.24) is 0 Å². The molecule has 0 fully saturated rings. The van der Waals surface area contributed by atoms with Crippen molar-refractivity contribution in [2.24, 2.45) is 0 Å². The summed E-state index contributed by atoms with van der Waals surface area (Å²) in [7, 11) is 0. The molecule has 0 atom stereocenters. The molecule has 0 aliphatic rings. The summed E-state index contributed by atoms with van der Waals surface area (Å²) in [6.45, 7) is 2.60. The van der Waals surface area contributed by atoms with E-state index in [0.29, 0.717) is 11.1 Å². The lowest BCUT2D eigenvalue weighted by molar-refractivity contribution is -0.138. The van der Waals surface area contributed by atoms with Crippen molar-refractivity contribution < 1.29 is 31.1 Å². The Morgan fingerprint density at radius 2 is 1.07 bits per heavy atom. The Morgan fingerprint density at radius 3 is 1.32 bits per heavy atom. The first-order chi connectivity index (χ1) is 12.8. The fourth-order valence-corrected chi connectivity index (χ4v) is 4.20. The maximum atomic E-state index is 13.5. The first-order valence-electron chi connectivity index (χ1n) is 7.90. The van der Waals surface area contributed by atoms with Crippen LogP contribution in [0.15, 0.2) is 24.3 Å². The van der Waals surface area contributed by atoms with Gasteiger partial charge in [-0.3, -0.25) is 4.79 Å². The molecule has 9 heteroatoms. The predicted molar refractivity (Wildman–Crippen MR) is 101 cm³/mol. The van der Waals surface area contributed by atoms with Gasteiger partial charge in [0.1, 0.15) is 0 Å². The van der Waals surface area contributed by atoms with Gasteiger partial charge in [-0.2, -0.15) is 26.3 Å². The van der Waals surface area contributed by atoms with E-state index < -0.39 is 40.4 Å². The van der Waals surface area contributed by atoms with Crippen LogP contribution in [0.5, 0.6) is 0 Å². The minimum atomic E-state index is -4.89. The Bertz CT molecular complexity index is 843. The quantitative estimate of drug-likeness (QED) is 0.229. The molecule has 0 aromatic heterocycles. The Morgan fingerprint density at radius 1 is 0.750 bits per heavy atom. The van der Waals surface area contributed by atoms with Crippen LogP contribution in [0.25, 0.3) is 0 Å². The van der Waals surface area contributed by atoms with Gasteiger partial charge in [0.25, 0.3) is 0 Å². The highest BCUT2D eigenvalue weighted by Crippen LogP contribution is 2.40. The highest BCUT2D eigenvalue weighted by molar-refractivity contribution is 9.08. The van der Waals surface area contributed by atoms with Crippen LogP contribution in [0.1, 0.15) is 49.3 Å². The van der Waals surface area contributed by atoms with Gasteiger partial charge in [-0.15, -0.1) is 0 Å². The summed E-state index contributed by atoms with van der Waals surface area (Å²) in [5, 5.41) is 0.313. The van der Waals surface area contributed by atoms with E-state index in [2.05, 4.69) is 31.9 Å². The average Bonchev–Trinajstić information content (AvgIpc) is 2.58. The molecule has 0 unspecified atom stereocenters. The molecule has 0 heterocycles. The summed E-state index contributed by atoms with van der Waals surface area (Å²) in [6.07, 6.45) is -9.78. The predicted octanol–water partition coefficient (Wildman–Crippen LogP) is 7.36. The van der Waals surface area contributed by atoms with Gasteiger partial charge in [0.05, 0.1) is 11.1 Å². The van der Waals surface area contributed by atoms with Crippen molar-refractivity contribution >= 4 is 37.6 Å². The van der Waals surface area contributed by atoms with Gasteiger partial charge in [-0.05, 0) is 48.2 Å². The molecule has 2 rings (SSSR count). The summed E-state index contributed by atoms with van der Waals surface area (Å²) >= 11 is 6.26. The van der Waals surface area contributed by atoms with Crippen LogP contribution in [0.2, 0.25) is 0 Å². The normalized spacial score (nSPS) is 12.4. The monoisotopic (exact) mass is 530 g/mol. The molecule has 1 nitrogen and oxygen atoms in total. The van der Waals surface area contributed by atoms with Crippen LogP contribution in [0, 0.1) is 13.8 Å². The summed E-state index contributed by atoms with van der Waals surface area (Å²) < 4.78 is 81.2. The number of rotatable bonds is 4. The molecule has 0 aliphatic heterocycles. The van der Waals surface area contributed by atoms with Gasteiger partial charge in [-0.1, -0.05) is 44.0 Å². The van der Waals surface area contributed by atoms with Crippen LogP contribution >= 0.6 is 31.9 Å². The minimum absolute atomic E-state index is 0.00605. The third kappa shape index (κ3) is 4.30. The van der Waals surface area contributed by atoms with E-state index in [1.165, 1.54) is 26.0 Å². The van der Waals surface area contributed by atoms with E-state index in [1.54, 1.807) is 0 Å². The van der Waals surface area contributed by atoms with Crippen LogP contribution in [0.4, 0.5) is 26.3 Å². The van der Waals surface area contributed by atoms with Crippen molar-refractivity contribution in [2.75, 3.05) is 0 Å². The maximum Gasteiger partial charge on any atom is 0.417 e. The molecule has 152 valence electrons. The zero-order valence-corrected chi connectivity index (χ0v) is 17.8. The molecule has 28 heavy (non-hydrogen) atoms. The first-order valence-corrected chi connectivity index (χ1v) is 10.1. The second-order valence-electron chi connectivity index (χ2n) is 6.14. The zero-order valence-electron chi connectivity index (χ0n) is 14.7. The zero-order chi connectivity index (χ0) is 21.4. The van der Waals surface area contributed by atoms with E-state index in [-0.39, 0.29) is 21.8 Å². The second-order valence-corrected chi connectivity index (χ2v) is 7.26. The summed E-state index contributed by atoms with van der Waals surface area (Å²) in [6, 6.07) is 3.87. The third-order valence-electron chi connectivity index (χ3n) is 4.51. The van der Waals surface area contributed by atoms with Crippen molar-refractivity contribution in [3.8, 4) is 0 Å². The van der Waals surface area contributed by atoms with Gasteiger partial charge >= 0.3 is 12.4 Å². The van der Waals surface area contributed by atoms with Crippen LogP contribution < -0.4 is 0 Å². The number of alkyl halides is 8. The molecule has 0 saturated carbocycles. The molecule has 0 spiro atoms. The lowest BCUT2D eigenvalue weighted by Gasteiger charge is -2.21. The Balaban J connectivity index is 2.91. The molecule has 2 aromatic rings. The third-order valence-corrected chi connectivity index (χ3v) is 5.72. The molecule has 0 bridgehead atoms. The first kappa shape index (κ1) is 22.9. The smallest absolute Gasteiger partial charge is 0.289 e. The van der Waals surface area contributed by atoms with Gasteiger partial charge in [0, 0.05) is 21.8 Å². The molecule has 0 radical (unpaired) electrons. The number of carbonyl (C=O) groups is 1. The highest BCUT2D eigenvalue weighted by Gasteiger charge is 2.41. The number of hydrogen-bond acceptors (Lipinski definition) is 1. The van der Waals surface area contributed by atoms with Crippen molar-refractivity contribution in [2.45, 2.75) is 36.9 Å². The van der Waals surface area contributed by atoms with Crippen LogP contribution in [0.3, 0.4) is 0 Å². The van der Waals surface area contributed by atoms with E-state index in [4.69, 9.17) is 0 Å². The molecular formula is C19H14Br2F6O. The van der Waals surface area contributed by atoms with E-state index >= 15 is 0 Å². The van der Waals surface area contributed by atoms with Crippen molar-refractivity contribution in [3.05, 3.63) is 68.8 Å². The summed E-state index contributed by atoms with van der Waals surface area (Å²) in [5.41, 5.74) is -3.26. The number of carbonyl (C=O) groups excluding carboxylic acids is 1. The van der Waals surface area contributed by atoms with Gasteiger partial charge in [-0.25, -0.2) is 0 Å². The Labute approximate surface area is 174 Å². The molecule has 2 aromatic carbocycles.